The zero-order valence-corrected chi connectivity index (χ0v) is 7.91. The van der Waals surface area contributed by atoms with Crippen molar-refractivity contribution in [2.24, 2.45) is 0 Å². The maximum absolute atomic E-state index is 10.5. The van der Waals surface area contributed by atoms with Gasteiger partial charge >= 0.3 is 5.97 Å². The van der Waals surface area contributed by atoms with Crippen molar-refractivity contribution in [3.63, 3.8) is 0 Å². The maximum Gasteiger partial charge on any atom is 0.325 e. The summed E-state index contributed by atoms with van der Waals surface area (Å²) < 4.78 is 6.35. The van der Waals surface area contributed by atoms with E-state index < -0.39 is 5.97 Å². The molecular weight excluding hydrogens is 200 g/mol. The van der Waals surface area contributed by atoms with Gasteiger partial charge < -0.3 is 9.52 Å². The number of nitrogens with zero attached hydrogens (tertiary/aromatic N) is 4. The Hall–Kier alpha value is -2.18. The summed E-state index contributed by atoms with van der Waals surface area (Å²) in [6, 6.07) is 1.76. The Labute approximate surface area is 84.3 Å². The summed E-state index contributed by atoms with van der Waals surface area (Å²) in [6.07, 6.45) is 1.50. The van der Waals surface area contributed by atoms with Crippen LogP contribution in [0.2, 0.25) is 0 Å². The zero-order valence-electron chi connectivity index (χ0n) is 7.91. The number of carboxylic acid groups (broad SMARTS) is 1. The van der Waals surface area contributed by atoms with Gasteiger partial charge in [-0.2, -0.15) is 0 Å². The number of aliphatic carboxylic acids is 1. The summed E-state index contributed by atoms with van der Waals surface area (Å²) in [6.45, 7) is 1.54. The molecule has 0 bridgehead atoms. The minimum absolute atomic E-state index is 0.289. The van der Waals surface area contributed by atoms with Gasteiger partial charge in [0, 0.05) is 0 Å². The highest BCUT2D eigenvalue weighted by Gasteiger charge is 2.15. The van der Waals surface area contributed by atoms with Crippen molar-refractivity contribution in [2.45, 2.75) is 13.5 Å². The van der Waals surface area contributed by atoms with Gasteiger partial charge in [0.15, 0.2) is 5.76 Å². The lowest BCUT2D eigenvalue weighted by Gasteiger charge is -1.98. The van der Waals surface area contributed by atoms with Gasteiger partial charge in [0.25, 0.3) is 0 Å². The Morgan fingerprint density at radius 1 is 1.67 bits per heavy atom. The van der Waals surface area contributed by atoms with Crippen LogP contribution in [0.3, 0.4) is 0 Å². The second kappa shape index (κ2) is 3.52. The van der Waals surface area contributed by atoms with Crippen molar-refractivity contribution < 1.29 is 14.3 Å². The highest BCUT2D eigenvalue weighted by atomic mass is 16.4. The fourth-order valence-electron chi connectivity index (χ4n) is 1.20. The van der Waals surface area contributed by atoms with Crippen molar-refractivity contribution in [1.82, 2.24) is 20.2 Å². The minimum Gasteiger partial charge on any atom is -0.480 e. The van der Waals surface area contributed by atoms with Crippen molar-refractivity contribution in [3.05, 3.63) is 17.9 Å². The topological polar surface area (TPSA) is 94.0 Å². The normalized spacial score (nSPS) is 10.5. The van der Waals surface area contributed by atoms with E-state index in [9.17, 15) is 4.79 Å². The third kappa shape index (κ3) is 1.71. The third-order valence-electron chi connectivity index (χ3n) is 1.88. The summed E-state index contributed by atoms with van der Waals surface area (Å²) in [4.78, 5) is 10.5. The molecule has 0 fully saturated rings. The average molecular weight is 208 g/mol. The number of rotatable bonds is 3. The van der Waals surface area contributed by atoms with Crippen LogP contribution in [0.15, 0.2) is 16.7 Å². The lowest BCUT2D eigenvalue weighted by atomic mass is 10.3. The lowest BCUT2D eigenvalue weighted by molar-refractivity contribution is -0.137. The molecule has 0 unspecified atom stereocenters. The molecule has 2 rings (SSSR count). The van der Waals surface area contributed by atoms with Crippen molar-refractivity contribution in [3.8, 4) is 11.6 Å². The molecule has 0 spiro atoms. The van der Waals surface area contributed by atoms with E-state index in [1.807, 2.05) is 6.92 Å². The number of furan rings is 1. The van der Waals surface area contributed by atoms with Gasteiger partial charge in [-0.25, -0.2) is 4.68 Å². The fourth-order valence-corrected chi connectivity index (χ4v) is 1.20. The molecular formula is C8H8N4O3. The van der Waals surface area contributed by atoms with Crippen LogP contribution in [0.4, 0.5) is 0 Å². The number of carboxylic acids is 1. The standard InChI is InChI=1S/C8H8N4O3/c1-5-2-3-15-7(5)8-9-10-11-12(8)4-6(13)14/h2-3H,4H2,1H3,(H,13,14). The van der Waals surface area contributed by atoms with Crippen LogP contribution in [-0.4, -0.2) is 31.3 Å². The number of aryl methyl sites for hydroxylation is 1. The SMILES string of the molecule is Cc1ccoc1-c1nnnn1CC(=O)O. The van der Waals surface area contributed by atoms with Crippen LogP contribution in [-0.2, 0) is 11.3 Å². The van der Waals surface area contributed by atoms with Crippen LogP contribution in [0.5, 0.6) is 0 Å². The first kappa shape index (κ1) is 9.38. The number of hydrogen-bond donors (Lipinski definition) is 1. The average Bonchev–Trinajstić information content (AvgIpc) is 2.73. The number of hydrogen-bond acceptors (Lipinski definition) is 5. The van der Waals surface area contributed by atoms with Crippen LogP contribution < -0.4 is 0 Å². The van der Waals surface area contributed by atoms with Crippen molar-refractivity contribution in [1.29, 1.82) is 0 Å². The maximum atomic E-state index is 10.5. The molecule has 0 saturated carbocycles. The van der Waals surface area contributed by atoms with Gasteiger partial charge in [0.1, 0.15) is 6.54 Å². The van der Waals surface area contributed by atoms with E-state index in [2.05, 4.69) is 15.5 Å². The van der Waals surface area contributed by atoms with E-state index in [0.717, 1.165) is 5.56 Å². The van der Waals surface area contributed by atoms with E-state index in [1.54, 1.807) is 6.07 Å². The van der Waals surface area contributed by atoms with Gasteiger partial charge in [-0.3, -0.25) is 4.79 Å². The largest absolute Gasteiger partial charge is 0.480 e. The summed E-state index contributed by atoms with van der Waals surface area (Å²) in [5, 5.41) is 19.3. The van der Waals surface area contributed by atoms with E-state index in [-0.39, 0.29) is 6.54 Å². The molecule has 0 saturated heterocycles. The van der Waals surface area contributed by atoms with Gasteiger partial charge in [-0.1, -0.05) is 0 Å². The third-order valence-corrected chi connectivity index (χ3v) is 1.88. The molecule has 7 nitrogen and oxygen atoms in total. The van der Waals surface area contributed by atoms with Crippen molar-refractivity contribution >= 4 is 5.97 Å². The molecule has 1 N–H and O–H groups in total. The Morgan fingerprint density at radius 2 is 2.47 bits per heavy atom. The number of carbonyl (C=O) groups is 1. The summed E-state index contributed by atoms with van der Waals surface area (Å²) in [5.74, 6) is -0.200. The lowest BCUT2D eigenvalue weighted by Crippen LogP contribution is -2.11. The molecule has 0 aromatic carbocycles. The van der Waals surface area contributed by atoms with E-state index in [4.69, 9.17) is 9.52 Å². The van der Waals surface area contributed by atoms with E-state index in [1.165, 1.54) is 10.9 Å². The zero-order chi connectivity index (χ0) is 10.8. The highest BCUT2D eigenvalue weighted by molar-refractivity contribution is 5.67. The second-order valence-electron chi connectivity index (χ2n) is 2.99. The summed E-state index contributed by atoms with van der Waals surface area (Å²) >= 11 is 0. The van der Waals surface area contributed by atoms with Gasteiger partial charge in [0.05, 0.1) is 6.26 Å². The van der Waals surface area contributed by atoms with Crippen LogP contribution >= 0.6 is 0 Å². The first-order valence-electron chi connectivity index (χ1n) is 4.21. The molecule has 2 heterocycles. The number of tetrazole rings is 1. The molecule has 0 amide bonds. The van der Waals surface area contributed by atoms with Gasteiger partial charge in [0.2, 0.25) is 5.82 Å². The molecule has 0 atom stereocenters. The van der Waals surface area contributed by atoms with E-state index >= 15 is 0 Å². The molecule has 2 aromatic rings. The van der Waals surface area contributed by atoms with Gasteiger partial charge in [-0.15, -0.1) is 5.10 Å². The summed E-state index contributed by atoms with van der Waals surface area (Å²) in [7, 11) is 0. The Balaban J connectivity index is 2.41. The Kier molecular flexibility index (Phi) is 2.20. The van der Waals surface area contributed by atoms with Crippen molar-refractivity contribution in [2.75, 3.05) is 0 Å². The first-order valence-corrected chi connectivity index (χ1v) is 4.21. The van der Waals surface area contributed by atoms with Gasteiger partial charge in [-0.05, 0) is 29.0 Å². The van der Waals surface area contributed by atoms with Crippen LogP contribution in [0.25, 0.3) is 11.6 Å². The predicted octanol–water partition coefficient (Wildman–Crippen LogP) is 0.326. The van der Waals surface area contributed by atoms with E-state index in [0.29, 0.717) is 11.6 Å². The smallest absolute Gasteiger partial charge is 0.325 e. The van der Waals surface area contributed by atoms with Crippen LogP contribution in [0, 0.1) is 6.92 Å². The quantitative estimate of drug-likeness (QED) is 0.780. The monoisotopic (exact) mass is 208 g/mol. The predicted molar refractivity (Wildman–Crippen MR) is 47.9 cm³/mol. The molecule has 0 aliphatic carbocycles. The molecule has 78 valence electrons. The van der Waals surface area contributed by atoms with Crippen LogP contribution in [0.1, 0.15) is 5.56 Å². The first-order chi connectivity index (χ1) is 7.18. The second-order valence-corrected chi connectivity index (χ2v) is 2.99. The number of aromatic nitrogens is 4. The summed E-state index contributed by atoms with van der Waals surface area (Å²) in [5.41, 5.74) is 0.858. The molecule has 0 radical (unpaired) electrons. The fraction of sp³-hybridized carbons (Fsp3) is 0.250. The molecule has 0 aliphatic heterocycles. The Morgan fingerprint density at radius 3 is 3.07 bits per heavy atom. The highest BCUT2D eigenvalue weighted by Crippen LogP contribution is 2.20. The Bertz CT molecular complexity index is 488. The molecule has 2 aromatic heterocycles. The molecule has 0 aliphatic rings. The molecule has 15 heavy (non-hydrogen) atoms. The minimum atomic E-state index is -1.01. The molecule has 7 heteroatoms.